The van der Waals surface area contributed by atoms with Gasteiger partial charge in [-0.05, 0) is 57.7 Å². The molecule has 3 heterocycles. The highest BCUT2D eigenvalue weighted by Crippen LogP contribution is 2.20. The number of aromatic nitrogens is 1. The monoisotopic (exact) mass is 331 g/mol. The van der Waals surface area contributed by atoms with Crippen molar-refractivity contribution in [1.29, 1.82) is 0 Å². The molecule has 2 fully saturated rings. The zero-order chi connectivity index (χ0) is 16.8. The van der Waals surface area contributed by atoms with Crippen LogP contribution in [0.15, 0.2) is 24.4 Å². The Morgan fingerprint density at radius 3 is 2.92 bits per heavy atom. The van der Waals surface area contributed by atoms with Gasteiger partial charge in [0.1, 0.15) is 6.10 Å². The van der Waals surface area contributed by atoms with Gasteiger partial charge in [0.15, 0.2) is 0 Å². The molecule has 3 rings (SSSR count). The van der Waals surface area contributed by atoms with E-state index in [1.807, 2.05) is 23.2 Å². The zero-order valence-corrected chi connectivity index (χ0v) is 14.7. The highest BCUT2D eigenvalue weighted by atomic mass is 16.5. The number of rotatable bonds is 4. The van der Waals surface area contributed by atoms with E-state index in [-0.39, 0.29) is 12.0 Å². The van der Waals surface area contributed by atoms with Crippen LogP contribution in [0.25, 0.3) is 0 Å². The number of nitrogens with zero attached hydrogens (tertiary/aromatic N) is 3. The Balaban J connectivity index is 1.51. The first-order valence-electron chi connectivity index (χ1n) is 9.24. The standard InChI is InChI=1S/C19H29N3O2/c1-21(15-16-7-2-4-11-20-16)17-8-6-12-22(13-10-17)19(23)18-9-3-5-14-24-18/h2,4,7,11,17-18H,3,5-6,8-10,12-15H2,1H3/t17-,18+/m1/s1. The van der Waals surface area contributed by atoms with Crippen LogP contribution in [0.5, 0.6) is 0 Å². The SMILES string of the molecule is CN(Cc1ccccn1)[C@@H]1CCCN(C(=O)[C@@H]2CCCCO2)CC1. The van der Waals surface area contributed by atoms with Gasteiger partial charge in [-0.25, -0.2) is 0 Å². The number of likely N-dealkylation sites (tertiary alicyclic amines) is 1. The van der Waals surface area contributed by atoms with Gasteiger partial charge in [-0.1, -0.05) is 6.07 Å². The maximum absolute atomic E-state index is 12.7. The van der Waals surface area contributed by atoms with Crippen LogP contribution in [0.2, 0.25) is 0 Å². The molecule has 5 nitrogen and oxygen atoms in total. The molecule has 1 amide bonds. The summed E-state index contributed by atoms with van der Waals surface area (Å²) in [5.41, 5.74) is 1.10. The van der Waals surface area contributed by atoms with Gasteiger partial charge in [0.05, 0.1) is 5.69 Å². The second-order valence-corrected chi connectivity index (χ2v) is 7.00. The minimum atomic E-state index is -0.193. The third-order valence-corrected chi connectivity index (χ3v) is 5.23. The van der Waals surface area contributed by atoms with Crippen molar-refractivity contribution in [3.8, 4) is 0 Å². The molecule has 2 atom stereocenters. The number of carbonyl (C=O) groups excluding carboxylic acids is 1. The lowest BCUT2D eigenvalue weighted by atomic mass is 10.1. The summed E-state index contributed by atoms with van der Waals surface area (Å²) in [5, 5.41) is 0. The maximum Gasteiger partial charge on any atom is 0.251 e. The van der Waals surface area contributed by atoms with Crippen molar-refractivity contribution < 1.29 is 9.53 Å². The second kappa shape index (κ2) is 8.58. The van der Waals surface area contributed by atoms with Gasteiger partial charge >= 0.3 is 0 Å². The number of ether oxygens (including phenoxy) is 1. The van der Waals surface area contributed by atoms with Crippen LogP contribution in [0, 0.1) is 0 Å². The molecule has 2 saturated heterocycles. The van der Waals surface area contributed by atoms with E-state index < -0.39 is 0 Å². The molecular formula is C19H29N3O2. The molecule has 0 aliphatic carbocycles. The largest absolute Gasteiger partial charge is 0.368 e. The van der Waals surface area contributed by atoms with Gasteiger partial charge in [0.25, 0.3) is 5.91 Å². The van der Waals surface area contributed by atoms with Crippen molar-refractivity contribution >= 4 is 5.91 Å². The van der Waals surface area contributed by atoms with E-state index in [9.17, 15) is 4.79 Å². The van der Waals surface area contributed by atoms with Crippen molar-refractivity contribution in [2.24, 2.45) is 0 Å². The molecule has 5 heteroatoms. The molecule has 0 spiro atoms. The lowest BCUT2D eigenvalue weighted by Gasteiger charge is -2.29. The number of amides is 1. The van der Waals surface area contributed by atoms with Gasteiger partial charge < -0.3 is 9.64 Å². The van der Waals surface area contributed by atoms with Crippen LogP contribution < -0.4 is 0 Å². The number of hydrogen-bond donors (Lipinski definition) is 0. The second-order valence-electron chi connectivity index (χ2n) is 7.00. The van der Waals surface area contributed by atoms with E-state index in [1.54, 1.807) is 0 Å². The van der Waals surface area contributed by atoms with Crippen molar-refractivity contribution in [3.63, 3.8) is 0 Å². The fraction of sp³-hybridized carbons (Fsp3) is 0.684. The molecule has 0 N–H and O–H groups in total. The Labute approximate surface area is 145 Å². The van der Waals surface area contributed by atoms with Crippen molar-refractivity contribution in [3.05, 3.63) is 30.1 Å². The fourth-order valence-corrected chi connectivity index (χ4v) is 3.76. The zero-order valence-electron chi connectivity index (χ0n) is 14.7. The molecule has 132 valence electrons. The lowest BCUT2D eigenvalue weighted by molar-refractivity contribution is -0.146. The summed E-state index contributed by atoms with van der Waals surface area (Å²) < 4.78 is 5.68. The van der Waals surface area contributed by atoms with E-state index in [4.69, 9.17) is 4.74 Å². The Hall–Kier alpha value is -1.46. The molecule has 1 aromatic rings. The third-order valence-electron chi connectivity index (χ3n) is 5.23. The van der Waals surface area contributed by atoms with E-state index in [0.29, 0.717) is 6.04 Å². The first-order chi connectivity index (χ1) is 11.7. The van der Waals surface area contributed by atoms with Crippen LogP contribution in [-0.2, 0) is 16.1 Å². The van der Waals surface area contributed by atoms with Crippen LogP contribution in [0.3, 0.4) is 0 Å². The maximum atomic E-state index is 12.7. The van der Waals surface area contributed by atoms with Crippen LogP contribution in [-0.4, -0.2) is 59.6 Å². The molecule has 2 aliphatic heterocycles. The van der Waals surface area contributed by atoms with E-state index >= 15 is 0 Å². The molecule has 0 aromatic carbocycles. The van der Waals surface area contributed by atoms with Crippen LogP contribution >= 0.6 is 0 Å². The minimum Gasteiger partial charge on any atom is -0.368 e. The first kappa shape index (κ1) is 17.4. The Kier molecular flexibility index (Phi) is 6.21. The summed E-state index contributed by atoms with van der Waals surface area (Å²) in [7, 11) is 2.17. The fourth-order valence-electron chi connectivity index (χ4n) is 3.76. The molecule has 0 bridgehead atoms. The quantitative estimate of drug-likeness (QED) is 0.850. The number of pyridine rings is 1. The van der Waals surface area contributed by atoms with E-state index in [1.165, 1.54) is 0 Å². The van der Waals surface area contributed by atoms with Crippen molar-refractivity contribution in [2.75, 3.05) is 26.7 Å². The Morgan fingerprint density at radius 1 is 1.25 bits per heavy atom. The van der Waals surface area contributed by atoms with Gasteiger partial charge in [0.2, 0.25) is 0 Å². The van der Waals surface area contributed by atoms with Crippen molar-refractivity contribution in [1.82, 2.24) is 14.8 Å². The Morgan fingerprint density at radius 2 is 2.17 bits per heavy atom. The molecule has 2 aliphatic rings. The summed E-state index contributed by atoms with van der Waals surface area (Å²) in [6.45, 7) is 3.31. The molecule has 0 saturated carbocycles. The van der Waals surface area contributed by atoms with E-state index in [2.05, 4.69) is 23.0 Å². The third kappa shape index (κ3) is 4.54. The van der Waals surface area contributed by atoms with Crippen molar-refractivity contribution in [2.45, 2.75) is 57.2 Å². The lowest BCUT2D eigenvalue weighted by Crippen LogP contribution is -2.42. The highest BCUT2D eigenvalue weighted by molar-refractivity contribution is 5.81. The highest BCUT2D eigenvalue weighted by Gasteiger charge is 2.29. The number of carbonyl (C=O) groups is 1. The molecule has 24 heavy (non-hydrogen) atoms. The summed E-state index contributed by atoms with van der Waals surface area (Å²) >= 11 is 0. The predicted octanol–water partition coefficient (Wildman–Crippen LogP) is 2.46. The Bertz CT molecular complexity index is 517. The van der Waals surface area contributed by atoms with E-state index in [0.717, 1.165) is 70.5 Å². The normalized spacial score (nSPS) is 25.5. The summed E-state index contributed by atoms with van der Waals surface area (Å²) in [6.07, 6.45) is 7.97. The summed E-state index contributed by atoms with van der Waals surface area (Å²) in [6, 6.07) is 6.57. The minimum absolute atomic E-state index is 0.193. The summed E-state index contributed by atoms with van der Waals surface area (Å²) in [4.78, 5) is 21.5. The smallest absolute Gasteiger partial charge is 0.251 e. The summed E-state index contributed by atoms with van der Waals surface area (Å²) in [5.74, 6) is 0.211. The average molecular weight is 331 g/mol. The van der Waals surface area contributed by atoms with Gasteiger partial charge in [-0.2, -0.15) is 0 Å². The van der Waals surface area contributed by atoms with Gasteiger partial charge in [-0.15, -0.1) is 0 Å². The molecule has 0 radical (unpaired) electrons. The van der Waals surface area contributed by atoms with Crippen LogP contribution in [0.1, 0.15) is 44.2 Å². The molecule has 0 unspecified atom stereocenters. The topological polar surface area (TPSA) is 45.7 Å². The molecular weight excluding hydrogens is 302 g/mol. The first-order valence-corrected chi connectivity index (χ1v) is 9.24. The predicted molar refractivity (Wildman–Crippen MR) is 93.5 cm³/mol. The number of hydrogen-bond acceptors (Lipinski definition) is 4. The van der Waals surface area contributed by atoms with Gasteiger partial charge in [0, 0.05) is 38.5 Å². The van der Waals surface area contributed by atoms with Crippen LogP contribution in [0.4, 0.5) is 0 Å². The van der Waals surface area contributed by atoms with Gasteiger partial charge in [-0.3, -0.25) is 14.7 Å². The average Bonchev–Trinajstić information content (AvgIpc) is 2.89. The molecule has 1 aromatic heterocycles.